The monoisotopic (exact) mass is 264 g/mol. The van der Waals surface area contributed by atoms with Crippen molar-refractivity contribution in [2.45, 2.75) is 18.5 Å². The Morgan fingerprint density at radius 1 is 1.41 bits per heavy atom. The number of carbonyl (C=O) groups excluding carboxylic acids is 2. The van der Waals surface area contributed by atoms with Crippen molar-refractivity contribution in [2.24, 2.45) is 0 Å². The van der Waals surface area contributed by atoms with Crippen LogP contribution in [0.25, 0.3) is 0 Å². The lowest BCUT2D eigenvalue weighted by Gasteiger charge is -2.16. The van der Waals surface area contributed by atoms with Crippen LogP contribution in [0, 0.1) is 0 Å². The van der Waals surface area contributed by atoms with Crippen molar-refractivity contribution in [3.05, 3.63) is 34.9 Å². The van der Waals surface area contributed by atoms with Crippen LogP contribution in [-0.2, 0) is 11.0 Å². The van der Waals surface area contributed by atoms with Gasteiger partial charge in [-0.2, -0.15) is 13.2 Å². The predicted octanol–water partition coefficient (Wildman–Crippen LogP) is 3.39. The Kier molecular flexibility index (Phi) is 3.93. The Hall–Kier alpha value is -1.36. The Labute approximate surface area is 100 Å². The van der Waals surface area contributed by atoms with Crippen molar-refractivity contribution in [3.63, 3.8) is 0 Å². The quantitative estimate of drug-likeness (QED) is 0.619. The molecule has 17 heavy (non-hydrogen) atoms. The molecule has 1 aromatic rings. The van der Waals surface area contributed by atoms with Crippen molar-refractivity contribution in [1.29, 1.82) is 0 Å². The van der Waals surface area contributed by atoms with Crippen LogP contribution in [0.2, 0.25) is 0 Å². The van der Waals surface area contributed by atoms with Crippen LogP contribution in [0.4, 0.5) is 13.2 Å². The molecule has 6 heteroatoms. The summed E-state index contributed by atoms with van der Waals surface area (Å²) in [5.74, 6) is -0.647. The second kappa shape index (κ2) is 4.87. The third-order valence-corrected chi connectivity index (χ3v) is 2.71. The van der Waals surface area contributed by atoms with Crippen LogP contribution in [0.5, 0.6) is 0 Å². The van der Waals surface area contributed by atoms with Crippen LogP contribution in [0.3, 0.4) is 0 Å². The SMILES string of the molecule is CC(=O)C(Cl)c1c(C=O)cccc1C(F)(F)F. The summed E-state index contributed by atoms with van der Waals surface area (Å²) in [5, 5.41) is -1.48. The van der Waals surface area contributed by atoms with Crippen molar-refractivity contribution < 1.29 is 22.8 Å². The van der Waals surface area contributed by atoms with Crippen LogP contribution in [0.15, 0.2) is 18.2 Å². The molecular weight excluding hydrogens is 257 g/mol. The number of halogens is 4. The highest BCUT2D eigenvalue weighted by molar-refractivity contribution is 6.31. The zero-order chi connectivity index (χ0) is 13.2. The summed E-state index contributed by atoms with van der Waals surface area (Å²) < 4.78 is 38.1. The fraction of sp³-hybridized carbons (Fsp3) is 0.273. The molecule has 92 valence electrons. The molecule has 0 aromatic heterocycles. The first kappa shape index (κ1) is 13.7. The summed E-state index contributed by atoms with van der Waals surface area (Å²) in [6.07, 6.45) is -4.40. The molecule has 0 amide bonds. The largest absolute Gasteiger partial charge is 0.416 e. The average Bonchev–Trinajstić information content (AvgIpc) is 2.25. The molecule has 0 spiro atoms. The number of rotatable bonds is 3. The Bertz CT molecular complexity index is 455. The van der Waals surface area contributed by atoms with E-state index in [1.807, 2.05) is 0 Å². The van der Waals surface area contributed by atoms with Gasteiger partial charge in [0, 0.05) is 11.1 Å². The number of alkyl halides is 4. The Morgan fingerprint density at radius 3 is 2.41 bits per heavy atom. The van der Waals surface area contributed by atoms with E-state index in [9.17, 15) is 22.8 Å². The van der Waals surface area contributed by atoms with Crippen LogP contribution < -0.4 is 0 Å². The van der Waals surface area contributed by atoms with Gasteiger partial charge in [0.05, 0.1) is 5.56 Å². The topological polar surface area (TPSA) is 34.1 Å². The first-order chi connectivity index (χ1) is 7.79. The average molecular weight is 265 g/mol. The Balaban J connectivity index is 3.51. The molecule has 0 saturated heterocycles. The lowest BCUT2D eigenvalue weighted by Crippen LogP contribution is -2.15. The molecule has 1 rings (SSSR count). The zero-order valence-corrected chi connectivity index (χ0v) is 9.47. The highest BCUT2D eigenvalue weighted by Crippen LogP contribution is 2.38. The minimum Gasteiger partial charge on any atom is -0.298 e. The minimum absolute atomic E-state index is 0.227. The fourth-order valence-corrected chi connectivity index (χ4v) is 1.66. The Morgan fingerprint density at radius 2 is 2.00 bits per heavy atom. The van der Waals surface area contributed by atoms with E-state index in [0.717, 1.165) is 19.1 Å². The summed E-state index contributed by atoms with van der Waals surface area (Å²) >= 11 is 5.63. The van der Waals surface area contributed by atoms with Gasteiger partial charge in [0.2, 0.25) is 0 Å². The number of benzene rings is 1. The molecule has 0 bridgehead atoms. The molecule has 0 aliphatic heterocycles. The molecule has 0 aliphatic rings. The number of carbonyl (C=O) groups is 2. The lowest BCUT2D eigenvalue weighted by molar-refractivity contribution is -0.138. The van der Waals surface area contributed by atoms with Crippen molar-refractivity contribution >= 4 is 23.7 Å². The van der Waals surface area contributed by atoms with E-state index in [2.05, 4.69) is 0 Å². The number of ketones is 1. The van der Waals surface area contributed by atoms with Gasteiger partial charge in [-0.25, -0.2) is 0 Å². The highest BCUT2D eigenvalue weighted by Gasteiger charge is 2.36. The molecule has 2 nitrogen and oxygen atoms in total. The van der Waals surface area contributed by atoms with Crippen molar-refractivity contribution in [2.75, 3.05) is 0 Å². The van der Waals surface area contributed by atoms with Crippen LogP contribution in [-0.4, -0.2) is 12.1 Å². The molecule has 1 unspecified atom stereocenters. The van der Waals surface area contributed by atoms with E-state index >= 15 is 0 Å². The summed E-state index contributed by atoms with van der Waals surface area (Å²) in [5.41, 5.74) is -1.77. The second-order valence-electron chi connectivity index (χ2n) is 3.40. The number of hydrogen-bond donors (Lipinski definition) is 0. The maximum absolute atomic E-state index is 12.7. The predicted molar refractivity (Wildman–Crippen MR) is 56.1 cm³/mol. The van der Waals surface area contributed by atoms with Crippen LogP contribution >= 0.6 is 11.6 Å². The minimum atomic E-state index is -4.66. The summed E-state index contributed by atoms with van der Waals surface area (Å²) in [6.45, 7) is 1.07. The summed E-state index contributed by atoms with van der Waals surface area (Å²) in [7, 11) is 0. The number of aldehydes is 1. The maximum Gasteiger partial charge on any atom is 0.416 e. The second-order valence-corrected chi connectivity index (χ2v) is 3.83. The molecule has 1 atom stereocenters. The van der Waals surface area contributed by atoms with Gasteiger partial charge in [-0.05, 0) is 13.0 Å². The number of Topliss-reactive ketones (excluding diaryl/α,β-unsaturated/α-hetero) is 1. The molecule has 0 heterocycles. The van der Waals surface area contributed by atoms with Gasteiger partial charge in [-0.3, -0.25) is 9.59 Å². The normalized spacial score (nSPS) is 13.2. The standard InChI is InChI=1S/C11H8ClF3O2/c1-6(17)10(12)9-7(5-16)3-2-4-8(9)11(13,14)15/h2-5,10H,1H3. The van der Waals surface area contributed by atoms with E-state index in [1.54, 1.807) is 0 Å². The molecule has 0 aliphatic carbocycles. The van der Waals surface area contributed by atoms with Crippen molar-refractivity contribution in [1.82, 2.24) is 0 Å². The summed E-state index contributed by atoms with van der Waals surface area (Å²) in [6, 6.07) is 3.08. The first-order valence-corrected chi connectivity index (χ1v) is 5.02. The van der Waals surface area contributed by atoms with E-state index in [0.29, 0.717) is 0 Å². The summed E-state index contributed by atoms with van der Waals surface area (Å²) in [4.78, 5) is 21.8. The first-order valence-electron chi connectivity index (χ1n) is 4.59. The van der Waals surface area contributed by atoms with Crippen molar-refractivity contribution in [3.8, 4) is 0 Å². The van der Waals surface area contributed by atoms with Gasteiger partial charge in [0.25, 0.3) is 0 Å². The van der Waals surface area contributed by atoms with Gasteiger partial charge in [-0.1, -0.05) is 12.1 Å². The fourth-order valence-electron chi connectivity index (χ4n) is 1.42. The van der Waals surface area contributed by atoms with Gasteiger partial charge in [0.1, 0.15) is 11.7 Å². The third-order valence-electron chi connectivity index (χ3n) is 2.18. The van der Waals surface area contributed by atoms with Crippen LogP contribution in [0.1, 0.15) is 33.8 Å². The lowest BCUT2D eigenvalue weighted by atomic mass is 9.96. The molecule has 0 N–H and O–H groups in total. The van der Waals surface area contributed by atoms with E-state index in [1.165, 1.54) is 6.07 Å². The van der Waals surface area contributed by atoms with Gasteiger partial charge in [0.15, 0.2) is 5.78 Å². The molecule has 0 radical (unpaired) electrons. The zero-order valence-electron chi connectivity index (χ0n) is 8.72. The molecule has 0 saturated carbocycles. The number of hydrogen-bond acceptors (Lipinski definition) is 2. The van der Waals surface area contributed by atoms with Gasteiger partial charge in [-0.15, -0.1) is 11.6 Å². The molecule has 1 aromatic carbocycles. The maximum atomic E-state index is 12.7. The third kappa shape index (κ3) is 2.85. The van der Waals surface area contributed by atoms with Gasteiger partial charge >= 0.3 is 6.18 Å². The highest BCUT2D eigenvalue weighted by atomic mass is 35.5. The smallest absolute Gasteiger partial charge is 0.298 e. The van der Waals surface area contributed by atoms with Gasteiger partial charge < -0.3 is 0 Å². The van der Waals surface area contributed by atoms with E-state index in [4.69, 9.17) is 11.6 Å². The molecule has 0 fully saturated rings. The molecular formula is C11H8ClF3O2. The van der Waals surface area contributed by atoms with E-state index in [-0.39, 0.29) is 11.8 Å². The van der Waals surface area contributed by atoms with E-state index < -0.39 is 28.5 Å².